The quantitative estimate of drug-likeness (QED) is 0.544. The summed E-state index contributed by atoms with van der Waals surface area (Å²) in [4.78, 5) is 0. The van der Waals surface area contributed by atoms with Crippen LogP contribution in [0.4, 0.5) is 13.2 Å². The van der Waals surface area contributed by atoms with E-state index in [2.05, 4.69) is 13.8 Å². The second-order valence-electron chi connectivity index (χ2n) is 6.23. The molecule has 2 rings (SSSR count). The van der Waals surface area contributed by atoms with Crippen molar-refractivity contribution in [3.05, 3.63) is 59.4 Å². The number of hydrogen-bond donors (Lipinski definition) is 0. The van der Waals surface area contributed by atoms with Gasteiger partial charge in [0.05, 0.1) is 0 Å². The van der Waals surface area contributed by atoms with E-state index in [1.807, 2.05) is 6.07 Å². The van der Waals surface area contributed by atoms with E-state index in [1.54, 1.807) is 6.07 Å². The Morgan fingerprint density at radius 2 is 1.65 bits per heavy atom. The topological polar surface area (TPSA) is 0 Å². The van der Waals surface area contributed by atoms with Crippen LogP contribution in [0, 0.1) is 23.4 Å². The minimum atomic E-state index is -0.962. The molecule has 3 heteroatoms. The zero-order valence-corrected chi connectivity index (χ0v) is 13.7. The van der Waals surface area contributed by atoms with Crippen molar-refractivity contribution in [1.29, 1.82) is 0 Å². The number of benzene rings is 2. The van der Waals surface area contributed by atoms with Crippen LogP contribution in [0.3, 0.4) is 0 Å². The first-order valence-electron chi connectivity index (χ1n) is 8.25. The van der Waals surface area contributed by atoms with Gasteiger partial charge in [-0.3, -0.25) is 0 Å². The van der Waals surface area contributed by atoms with E-state index in [0.717, 1.165) is 37.0 Å². The second-order valence-corrected chi connectivity index (χ2v) is 6.23. The fourth-order valence-corrected chi connectivity index (χ4v) is 2.90. The summed E-state index contributed by atoms with van der Waals surface area (Å²) in [6.07, 6.45) is 5.43. The minimum Gasteiger partial charge on any atom is -0.206 e. The molecule has 0 saturated heterocycles. The van der Waals surface area contributed by atoms with Crippen molar-refractivity contribution in [2.24, 2.45) is 5.92 Å². The first-order chi connectivity index (χ1) is 11.0. The van der Waals surface area contributed by atoms with Crippen LogP contribution in [0.1, 0.15) is 45.1 Å². The number of rotatable bonds is 7. The Morgan fingerprint density at radius 1 is 0.870 bits per heavy atom. The third-order valence-corrected chi connectivity index (χ3v) is 4.21. The van der Waals surface area contributed by atoms with E-state index in [0.29, 0.717) is 17.0 Å². The van der Waals surface area contributed by atoms with Gasteiger partial charge in [0, 0.05) is 5.56 Å². The van der Waals surface area contributed by atoms with Crippen molar-refractivity contribution < 1.29 is 13.2 Å². The van der Waals surface area contributed by atoms with Crippen molar-refractivity contribution in [3.8, 4) is 11.1 Å². The van der Waals surface area contributed by atoms with Crippen molar-refractivity contribution in [2.75, 3.05) is 0 Å². The monoisotopic (exact) mass is 320 g/mol. The fraction of sp³-hybridized carbons (Fsp3) is 0.400. The summed E-state index contributed by atoms with van der Waals surface area (Å²) >= 11 is 0. The van der Waals surface area contributed by atoms with Crippen LogP contribution in [0.5, 0.6) is 0 Å². The van der Waals surface area contributed by atoms with E-state index < -0.39 is 17.5 Å². The van der Waals surface area contributed by atoms with Crippen LogP contribution in [-0.2, 0) is 6.42 Å². The zero-order valence-electron chi connectivity index (χ0n) is 13.7. The van der Waals surface area contributed by atoms with Gasteiger partial charge in [-0.05, 0) is 48.1 Å². The van der Waals surface area contributed by atoms with Gasteiger partial charge >= 0.3 is 0 Å². The Labute approximate surface area is 136 Å². The lowest BCUT2D eigenvalue weighted by Gasteiger charge is -2.10. The van der Waals surface area contributed by atoms with Crippen molar-refractivity contribution in [2.45, 2.75) is 46.0 Å². The first-order valence-corrected chi connectivity index (χ1v) is 8.25. The molecule has 0 nitrogen and oxygen atoms in total. The molecule has 1 atom stereocenters. The number of hydrogen-bond acceptors (Lipinski definition) is 0. The molecule has 0 aliphatic rings. The molecule has 0 aliphatic carbocycles. The summed E-state index contributed by atoms with van der Waals surface area (Å²) in [5.41, 5.74) is 1.59. The van der Waals surface area contributed by atoms with E-state index in [4.69, 9.17) is 0 Å². The Hall–Kier alpha value is -1.77. The lowest BCUT2D eigenvalue weighted by Crippen LogP contribution is -1.96. The molecule has 0 spiro atoms. The standard InChI is InChI=1S/C20H23F3/c1-3-5-14(2)6-4-7-15-8-10-17(19(22)12-15)16-9-11-18(21)20(23)13-16/h8-14H,3-7H2,1-2H3. The molecule has 2 aromatic rings. The van der Waals surface area contributed by atoms with E-state index in [9.17, 15) is 13.2 Å². The van der Waals surface area contributed by atoms with Gasteiger partial charge in [-0.2, -0.15) is 0 Å². The van der Waals surface area contributed by atoms with Crippen molar-refractivity contribution >= 4 is 0 Å². The van der Waals surface area contributed by atoms with Crippen LogP contribution in [0.2, 0.25) is 0 Å². The Balaban J connectivity index is 2.04. The molecular weight excluding hydrogens is 297 g/mol. The summed E-state index contributed by atoms with van der Waals surface area (Å²) in [6, 6.07) is 8.45. The van der Waals surface area contributed by atoms with Gasteiger partial charge < -0.3 is 0 Å². The summed E-state index contributed by atoms with van der Waals surface area (Å²) in [7, 11) is 0. The molecule has 0 saturated carbocycles. The summed E-state index contributed by atoms with van der Waals surface area (Å²) < 4.78 is 40.5. The number of aryl methyl sites for hydroxylation is 1. The van der Waals surface area contributed by atoms with Gasteiger partial charge in [0.25, 0.3) is 0 Å². The maximum absolute atomic E-state index is 14.3. The molecule has 2 aromatic carbocycles. The van der Waals surface area contributed by atoms with Crippen LogP contribution in [-0.4, -0.2) is 0 Å². The van der Waals surface area contributed by atoms with Crippen LogP contribution in [0.25, 0.3) is 11.1 Å². The Kier molecular flexibility index (Phi) is 6.26. The van der Waals surface area contributed by atoms with Crippen molar-refractivity contribution in [3.63, 3.8) is 0 Å². The van der Waals surface area contributed by atoms with Crippen LogP contribution >= 0.6 is 0 Å². The third kappa shape index (κ3) is 4.85. The lowest BCUT2D eigenvalue weighted by atomic mass is 9.96. The van der Waals surface area contributed by atoms with Gasteiger partial charge in [0.15, 0.2) is 11.6 Å². The largest absolute Gasteiger partial charge is 0.206 e. The number of halogens is 3. The first kappa shape index (κ1) is 17.6. The molecule has 0 amide bonds. The molecule has 0 bridgehead atoms. The molecule has 0 fully saturated rings. The maximum atomic E-state index is 14.3. The SMILES string of the molecule is CCCC(C)CCCc1ccc(-c2ccc(F)c(F)c2)c(F)c1. The predicted molar refractivity (Wildman–Crippen MR) is 88.8 cm³/mol. The molecular formula is C20H23F3. The predicted octanol–water partition coefficient (Wildman–Crippen LogP) is 6.53. The van der Waals surface area contributed by atoms with Gasteiger partial charge in [-0.15, -0.1) is 0 Å². The third-order valence-electron chi connectivity index (χ3n) is 4.21. The molecule has 0 radical (unpaired) electrons. The van der Waals surface area contributed by atoms with Gasteiger partial charge in [0.1, 0.15) is 5.82 Å². The maximum Gasteiger partial charge on any atom is 0.159 e. The van der Waals surface area contributed by atoms with Crippen LogP contribution in [0.15, 0.2) is 36.4 Å². The normalized spacial score (nSPS) is 12.4. The smallest absolute Gasteiger partial charge is 0.159 e. The molecule has 0 heterocycles. The molecule has 23 heavy (non-hydrogen) atoms. The van der Waals surface area contributed by atoms with E-state index in [1.165, 1.54) is 25.0 Å². The van der Waals surface area contributed by atoms with Gasteiger partial charge in [-0.25, -0.2) is 13.2 Å². The second kappa shape index (κ2) is 8.19. The summed E-state index contributed by atoms with van der Waals surface area (Å²) in [5, 5.41) is 0. The Bertz CT molecular complexity index is 649. The minimum absolute atomic E-state index is 0.298. The van der Waals surface area contributed by atoms with Gasteiger partial charge in [-0.1, -0.05) is 51.3 Å². The average Bonchev–Trinajstić information content (AvgIpc) is 2.51. The van der Waals surface area contributed by atoms with Crippen molar-refractivity contribution in [1.82, 2.24) is 0 Å². The highest BCUT2D eigenvalue weighted by Gasteiger charge is 2.10. The molecule has 0 aromatic heterocycles. The summed E-state index contributed by atoms with van der Waals surface area (Å²) in [5.74, 6) is -1.58. The highest BCUT2D eigenvalue weighted by atomic mass is 19.2. The van der Waals surface area contributed by atoms with E-state index in [-0.39, 0.29) is 0 Å². The highest BCUT2D eigenvalue weighted by Crippen LogP contribution is 2.26. The fourth-order valence-electron chi connectivity index (χ4n) is 2.90. The molecule has 1 unspecified atom stereocenters. The molecule has 124 valence electrons. The summed E-state index contributed by atoms with van der Waals surface area (Å²) in [6.45, 7) is 4.43. The van der Waals surface area contributed by atoms with E-state index >= 15 is 0 Å². The molecule has 0 aliphatic heterocycles. The zero-order chi connectivity index (χ0) is 16.8. The lowest BCUT2D eigenvalue weighted by molar-refractivity contribution is 0.469. The average molecular weight is 320 g/mol. The highest BCUT2D eigenvalue weighted by molar-refractivity contribution is 5.64. The van der Waals surface area contributed by atoms with Gasteiger partial charge in [0.2, 0.25) is 0 Å². The van der Waals surface area contributed by atoms with Crippen LogP contribution < -0.4 is 0 Å². The molecule has 0 N–H and O–H groups in total. The Morgan fingerprint density at radius 3 is 2.30 bits per heavy atom.